The third-order valence-corrected chi connectivity index (χ3v) is 4.62. The summed E-state index contributed by atoms with van der Waals surface area (Å²) in [7, 11) is 1.58. The number of carbonyl (C=O) groups is 1. The Hall–Kier alpha value is -3.05. The van der Waals surface area contributed by atoms with Crippen molar-refractivity contribution in [1.82, 2.24) is 4.98 Å². The number of aromatic nitrogens is 1. The van der Waals surface area contributed by atoms with Crippen LogP contribution in [0, 0.1) is 0 Å². The molecule has 0 saturated heterocycles. The quantitative estimate of drug-likeness (QED) is 0.451. The van der Waals surface area contributed by atoms with Gasteiger partial charge < -0.3 is 14.4 Å². The highest BCUT2D eigenvalue weighted by Gasteiger charge is 2.23. The number of ether oxygens (including phenoxy) is 2. The molecule has 0 aliphatic rings. The summed E-state index contributed by atoms with van der Waals surface area (Å²) in [6.07, 6.45) is 3.53. The normalized spacial score (nSPS) is 11.1. The van der Waals surface area contributed by atoms with Gasteiger partial charge in [0.15, 0.2) is 0 Å². The lowest BCUT2D eigenvalue weighted by atomic mass is 10.1. The van der Waals surface area contributed by atoms with Gasteiger partial charge in [0, 0.05) is 24.6 Å². The van der Waals surface area contributed by atoms with Crippen LogP contribution in [0.25, 0.3) is 0 Å². The topological polar surface area (TPSA) is 51.7 Å². The second-order valence-corrected chi connectivity index (χ2v) is 8.19. The van der Waals surface area contributed by atoms with Gasteiger partial charge >= 0.3 is 5.97 Å². The van der Waals surface area contributed by atoms with Crippen molar-refractivity contribution in [2.24, 2.45) is 0 Å². The highest BCUT2D eigenvalue weighted by Crippen LogP contribution is 2.36. The fourth-order valence-electron chi connectivity index (χ4n) is 3.03. The number of pyridine rings is 1. The smallest absolute Gasteiger partial charge is 0.340 e. The van der Waals surface area contributed by atoms with Gasteiger partial charge in [-0.2, -0.15) is 0 Å². The molecule has 0 aliphatic heterocycles. The van der Waals surface area contributed by atoms with Gasteiger partial charge in [-0.25, -0.2) is 4.79 Å². The number of nitrogens with zero attached hydrogens (tertiary/aromatic N) is 2. The predicted molar refractivity (Wildman–Crippen MR) is 120 cm³/mol. The molecule has 0 saturated carbocycles. The van der Waals surface area contributed by atoms with E-state index < -0.39 is 5.60 Å². The van der Waals surface area contributed by atoms with E-state index >= 15 is 0 Å². The Kier molecular flexibility index (Phi) is 6.63. The zero-order chi connectivity index (χ0) is 21.7. The summed E-state index contributed by atoms with van der Waals surface area (Å²) in [6.45, 7) is 6.05. The van der Waals surface area contributed by atoms with Crippen LogP contribution in [-0.2, 0) is 11.3 Å². The Balaban J connectivity index is 2.09. The van der Waals surface area contributed by atoms with Gasteiger partial charge in [0.05, 0.1) is 23.4 Å². The molecule has 0 atom stereocenters. The molecular formula is C24H25ClN2O3. The van der Waals surface area contributed by atoms with Gasteiger partial charge in [0.2, 0.25) is 0 Å². The molecule has 5 nitrogen and oxygen atoms in total. The number of esters is 1. The van der Waals surface area contributed by atoms with E-state index in [4.69, 9.17) is 21.1 Å². The summed E-state index contributed by atoms with van der Waals surface area (Å²) in [6, 6.07) is 16.8. The van der Waals surface area contributed by atoms with Gasteiger partial charge in [-0.15, -0.1) is 0 Å². The minimum atomic E-state index is -0.595. The maximum Gasteiger partial charge on any atom is 0.340 e. The van der Waals surface area contributed by atoms with E-state index in [-0.39, 0.29) is 5.97 Å². The number of halogens is 1. The second kappa shape index (κ2) is 9.18. The van der Waals surface area contributed by atoms with Crippen molar-refractivity contribution in [3.63, 3.8) is 0 Å². The molecule has 1 heterocycles. The average molecular weight is 425 g/mol. The third-order valence-electron chi connectivity index (χ3n) is 4.32. The molecule has 0 amide bonds. The third kappa shape index (κ3) is 5.30. The highest BCUT2D eigenvalue weighted by atomic mass is 35.5. The number of anilines is 2. The maximum absolute atomic E-state index is 12.9. The lowest BCUT2D eigenvalue weighted by molar-refractivity contribution is 0.00704. The summed E-state index contributed by atoms with van der Waals surface area (Å²) < 4.78 is 10.9. The van der Waals surface area contributed by atoms with Crippen LogP contribution in [0.15, 0.2) is 67.0 Å². The SMILES string of the molecule is COc1ccc(N(Cc2cccnc2)c2ccccc2C(=O)OC(C)(C)C)cc1Cl. The molecule has 3 rings (SSSR count). The molecule has 0 unspecified atom stereocenters. The summed E-state index contributed by atoms with van der Waals surface area (Å²) in [5.41, 5.74) is 2.41. The van der Waals surface area contributed by atoms with Gasteiger partial charge in [0.1, 0.15) is 11.4 Å². The largest absolute Gasteiger partial charge is 0.495 e. The Labute approximate surface area is 182 Å². The fraction of sp³-hybridized carbons (Fsp3) is 0.250. The highest BCUT2D eigenvalue weighted by molar-refractivity contribution is 6.32. The van der Waals surface area contributed by atoms with Crippen LogP contribution in [0.4, 0.5) is 11.4 Å². The molecule has 3 aromatic rings. The van der Waals surface area contributed by atoms with Crippen LogP contribution in [0.3, 0.4) is 0 Å². The number of carbonyl (C=O) groups excluding carboxylic acids is 1. The zero-order valence-corrected chi connectivity index (χ0v) is 18.3. The predicted octanol–water partition coefficient (Wildman–Crippen LogP) is 6.04. The van der Waals surface area contributed by atoms with Gasteiger partial charge in [-0.05, 0) is 62.7 Å². The lowest BCUT2D eigenvalue weighted by Crippen LogP contribution is -2.26. The van der Waals surface area contributed by atoms with E-state index in [0.29, 0.717) is 22.9 Å². The Morgan fingerprint density at radius 1 is 1.10 bits per heavy atom. The van der Waals surface area contributed by atoms with E-state index in [1.54, 1.807) is 25.6 Å². The Bertz CT molecular complexity index is 1020. The molecule has 156 valence electrons. The van der Waals surface area contributed by atoms with Crippen molar-refractivity contribution in [1.29, 1.82) is 0 Å². The monoisotopic (exact) mass is 424 g/mol. The van der Waals surface area contributed by atoms with Crippen LogP contribution in [-0.4, -0.2) is 23.7 Å². The molecule has 0 N–H and O–H groups in total. The van der Waals surface area contributed by atoms with Crippen LogP contribution in [0.2, 0.25) is 5.02 Å². The summed E-state index contributed by atoms with van der Waals surface area (Å²) in [5, 5.41) is 0.487. The average Bonchev–Trinajstić information content (AvgIpc) is 2.71. The standard InChI is InChI=1S/C24H25ClN2O3/c1-24(2,3)30-23(28)19-9-5-6-10-21(19)27(16-17-8-7-13-26-15-17)18-11-12-22(29-4)20(25)14-18/h5-15H,16H2,1-4H3. The van der Waals surface area contributed by atoms with Gasteiger partial charge in [0.25, 0.3) is 0 Å². The molecule has 1 aromatic heterocycles. The molecule has 6 heteroatoms. The molecular weight excluding hydrogens is 400 g/mol. The fourth-order valence-corrected chi connectivity index (χ4v) is 3.28. The number of hydrogen-bond acceptors (Lipinski definition) is 5. The number of methoxy groups -OCH3 is 1. The minimum Gasteiger partial charge on any atom is -0.495 e. The maximum atomic E-state index is 12.9. The van der Waals surface area contributed by atoms with E-state index in [1.165, 1.54) is 0 Å². The molecule has 0 radical (unpaired) electrons. The van der Waals surface area contributed by atoms with Crippen molar-refractivity contribution < 1.29 is 14.3 Å². The summed E-state index contributed by atoms with van der Waals surface area (Å²) >= 11 is 6.40. The van der Waals surface area contributed by atoms with Crippen molar-refractivity contribution in [2.45, 2.75) is 32.9 Å². The molecule has 30 heavy (non-hydrogen) atoms. The van der Waals surface area contributed by atoms with Crippen LogP contribution in [0.5, 0.6) is 5.75 Å². The first-order chi connectivity index (χ1) is 14.3. The van der Waals surface area contributed by atoms with Crippen LogP contribution in [0.1, 0.15) is 36.7 Å². The Morgan fingerprint density at radius 3 is 2.50 bits per heavy atom. The number of hydrogen-bond donors (Lipinski definition) is 0. The Morgan fingerprint density at radius 2 is 1.87 bits per heavy atom. The molecule has 2 aromatic carbocycles. The first-order valence-corrected chi connectivity index (χ1v) is 9.98. The molecule has 0 fully saturated rings. The van der Waals surface area contributed by atoms with Gasteiger partial charge in [-0.3, -0.25) is 4.98 Å². The number of benzene rings is 2. The van der Waals surface area contributed by atoms with E-state index in [1.807, 2.05) is 74.2 Å². The second-order valence-electron chi connectivity index (χ2n) is 7.79. The summed E-state index contributed by atoms with van der Waals surface area (Å²) in [4.78, 5) is 19.2. The van der Waals surface area contributed by atoms with Gasteiger partial charge in [-0.1, -0.05) is 29.8 Å². The zero-order valence-electron chi connectivity index (χ0n) is 17.6. The first kappa shape index (κ1) is 21.7. The van der Waals surface area contributed by atoms with E-state index in [2.05, 4.69) is 4.98 Å². The van der Waals surface area contributed by atoms with Crippen molar-refractivity contribution >= 4 is 28.9 Å². The first-order valence-electron chi connectivity index (χ1n) is 9.61. The van der Waals surface area contributed by atoms with Crippen molar-refractivity contribution in [2.75, 3.05) is 12.0 Å². The molecule has 0 aliphatic carbocycles. The van der Waals surface area contributed by atoms with Crippen LogP contribution < -0.4 is 9.64 Å². The molecule has 0 spiro atoms. The molecule has 0 bridgehead atoms. The lowest BCUT2D eigenvalue weighted by Gasteiger charge is -2.28. The number of para-hydroxylation sites is 1. The van der Waals surface area contributed by atoms with Crippen molar-refractivity contribution in [3.8, 4) is 5.75 Å². The van der Waals surface area contributed by atoms with Crippen LogP contribution >= 0.6 is 11.6 Å². The summed E-state index contributed by atoms with van der Waals surface area (Å²) in [5.74, 6) is 0.205. The van der Waals surface area contributed by atoms with E-state index in [0.717, 1.165) is 16.9 Å². The van der Waals surface area contributed by atoms with Crippen molar-refractivity contribution in [3.05, 3.63) is 83.1 Å². The minimum absolute atomic E-state index is 0.381. The number of rotatable bonds is 6. The van der Waals surface area contributed by atoms with E-state index in [9.17, 15) is 4.79 Å².